The van der Waals surface area contributed by atoms with Crippen molar-refractivity contribution in [3.8, 4) is 0 Å². The number of rotatable bonds is 3. The van der Waals surface area contributed by atoms with Crippen LogP contribution in [0.15, 0.2) is 45.4 Å². The highest BCUT2D eigenvalue weighted by molar-refractivity contribution is 5.97. The van der Waals surface area contributed by atoms with Crippen LogP contribution in [-0.4, -0.2) is 10.9 Å². The van der Waals surface area contributed by atoms with E-state index < -0.39 is 0 Å². The number of furan rings is 1. The van der Waals surface area contributed by atoms with Crippen LogP contribution < -0.4 is 5.32 Å². The number of nitrogens with one attached hydrogen (secondary N) is 1. The highest BCUT2D eigenvalue weighted by Gasteiger charge is 2.13. The lowest BCUT2D eigenvalue weighted by Crippen LogP contribution is -2.14. The zero-order valence-corrected chi connectivity index (χ0v) is 14.3. The van der Waals surface area contributed by atoms with E-state index in [0.29, 0.717) is 17.2 Å². The molecule has 5 heteroatoms. The average Bonchev–Trinajstić information content (AvgIpc) is 3.13. The molecule has 0 aliphatic carbocycles. The molecule has 0 unspecified atom stereocenters. The van der Waals surface area contributed by atoms with E-state index in [0.717, 1.165) is 27.6 Å². The Kier molecular flexibility index (Phi) is 3.57. The van der Waals surface area contributed by atoms with Gasteiger partial charge in [0, 0.05) is 23.6 Å². The molecule has 126 valence electrons. The zero-order valence-electron chi connectivity index (χ0n) is 14.3. The van der Waals surface area contributed by atoms with Crippen LogP contribution in [0.25, 0.3) is 22.1 Å². The molecule has 5 nitrogen and oxygen atoms in total. The van der Waals surface area contributed by atoms with Gasteiger partial charge in [-0.25, -0.2) is 4.98 Å². The number of nitrogens with zero attached hydrogens (tertiary/aromatic N) is 1. The van der Waals surface area contributed by atoms with Crippen molar-refractivity contribution in [1.29, 1.82) is 0 Å². The van der Waals surface area contributed by atoms with Crippen molar-refractivity contribution in [1.82, 2.24) is 4.98 Å². The lowest BCUT2D eigenvalue weighted by Gasteiger charge is -2.05. The molecule has 0 aliphatic heterocycles. The maximum Gasteiger partial charge on any atom is 0.228 e. The van der Waals surface area contributed by atoms with Crippen LogP contribution in [0.2, 0.25) is 0 Å². The highest BCUT2D eigenvalue weighted by Crippen LogP contribution is 2.27. The quantitative estimate of drug-likeness (QED) is 0.590. The summed E-state index contributed by atoms with van der Waals surface area (Å²) < 4.78 is 11.1. The van der Waals surface area contributed by atoms with Crippen molar-refractivity contribution in [2.45, 2.75) is 27.2 Å². The molecule has 4 aromatic rings. The van der Waals surface area contributed by atoms with Crippen molar-refractivity contribution in [3.63, 3.8) is 0 Å². The molecule has 0 saturated carbocycles. The number of hydrogen-bond donors (Lipinski definition) is 1. The van der Waals surface area contributed by atoms with E-state index in [-0.39, 0.29) is 12.3 Å². The van der Waals surface area contributed by atoms with Gasteiger partial charge in [-0.05, 0) is 43.2 Å². The van der Waals surface area contributed by atoms with E-state index >= 15 is 0 Å². The molecule has 0 bridgehead atoms. The molecular formula is C20H18N2O3. The summed E-state index contributed by atoms with van der Waals surface area (Å²) in [6, 6.07) is 9.49. The summed E-state index contributed by atoms with van der Waals surface area (Å²) in [6.07, 6.45) is 1.92. The number of hydrogen-bond acceptors (Lipinski definition) is 4. The number of oxazole rings is 1. The third-order valence-corrected chi connectivity index (χ3v) is 4.47. The smallest absolute Gasteiger partial charge is 0.228 e. The fraction of sp³-hybridized carbons (Fsp3) is 0.200. The Morgan fingerprint density at radius 2 is 2.00 bits per heavy atom. The topological polar surface area (TPSA) is 68.3 Å². The molecule has 2 heterocycles. The van der Waals surface area contributed by atoms with Crippen LogP contribution in [0.1, 0.15) is 22.6 Å². The van der Waals surface area contributed by atoms with Gasteiger partial charge >= 0.3 is 0 Å². The number of amides is 1. The van der Waals surface area contributed by atoms with Crippen molar-refractivity contribution >= 4 is 33.7 Å². The van der Waals surface area contributed by atoms with Gasteiger partial charge < -0.3 is 14.2 Å². The number of aryl methyl sites for hydroxylation is 3. The average molecular weight is 334 g/mol. The number of aromatic nitrogens is 1. The van der Waals surface area contributed by atoms with Crippen LogP contribution >= 0.6 is 0 Å². The van der Waals surface area contributed by atoms with Gasteiger partial charge in [0.05, 0.1) is 12.7 Å². The van der Waals surface area contributed by atoms with Crippen LogP contribution in [0.3, 0.4) is 0 Å². The summed E-state index contributed by atoms with van der Waals surface area (Å²) >= 11 is 0. The molecule has 2 aromatic carbocycles. The number of benzene rings is 2. The Morgan fingerprint density at radius 1 is 1.16 bits per heavy atom. The summed E-state index contributed by atoms with van der Waals surface area (Å²) in [5, 5.41) is 3.90. The predicted octanol–water partition coefficient (Wildman–Crippen LogP) is 4.68. The minimum atomic E-state index is -0.0968. The first-order valence-electron chi connectivity index (χ1n) is 8.14. The first-order chi connectivity index (χ1) is 12.0. The summed E-state index contributed by atoms with van der Waals surface area (Å²) in [7, 11) is 0. The summed E-state index contributed by atoms with van der Waals surface area (Å²) in [4.78, 5) is 16.7. The fourth-order valence-electron chi connectivity index (χ4n) is 3.02. The second-order valence-electron chi connectivity index (χ2n) is 6.29. The van der Waals surface area contributed by atoms with E-state index in [9.17, 15) is 4.79 Å². The Morgan fingerprint density at radius 3 is 2.84 bits per heavy atom. The van der Waals surface area contributed by atoms with Gasteiger partial charge in [-0.3, -0.25) is 4.79 Å². The van der Waals surface area contributed by atoms with Gasteiger partial charge in [-0.2, -0.15) is 0 Å². The molecular weight excluding hydrogens is 316 g/mol. The SMILES string of the molecule is Cc1nc2cc(NC(=O)Cc3coc4c(C)c(C)ccc34)ccc2o1. The summed E-state index contributed by atoms with van der Waals surface area (Å²) in [6.45, 7) is 5.87. The van der Waals surface area contributed by atoms with Crippen LogP contribution in [0, 0.1) is 20.8 Å². The normalized spacial score (nSPS) is 11.3. The molecule has 1 N–H and O–H groups in total. The van der Waals surface area contributed by atoms with Crippen molar-refractivity contribution < 1.29 is 13.6 Å². The molecule has 0 aliphatic rings. The van der Waals surface area contributed by atoms with Gasteiger partial charge in [-0.1, -0.05) is 12.1 Å². The van der Waals surface area contributed by atoms with Gasteiger partial charge in [-0.15, -0.1) is 0 Å². The molecule has 0 saturated heterocycles. The predicted molar refractivity (Wildman–Crippen MR) is 96.8 cm³/mol. The van der Waals surface area contributed by atoms with E-state index in [4.69, 9.17) is 8.83 Å². The molecule has 0 radical (unpaired) electrons. The highest BCUT2D eigenvalue weighted by atomic mass is 16.3. The maximum atomic E-state index is 12.4. The lowest BCUT2D eigenvalue weighted by atomic mass is 10.0. The van der Waals surface area contributed by atoms with E-state index in [1.54, 1.807) is 13.2 Å². The van der Waals surface area contributed by atoms with E-state index in [2.05, 4.69) is 16.4 Å². The van der Waals surface area contributed by atoms with Gasteiger partial charge in [0.15, 0.2) is 11.5 Å². The second-order valence-corrected chi connectivity index (χ2v) is 6.29. The van der Waals surface area contributed by atoms with E-state index in [1.165, 1.54) is 5.56 Å². The van der Waals surface area contributed by atoms with Crippen LogP contribution in [0.5, 0.6) is 0 Å². The number of anilines is 1. The largest absolute Gasteiger partial charge is 0.464 e. The molecule has 2 aromatic heterocycles. The number of carbonyl (C=O) groups excluding carboxylic acids is 1. The first-order valence-corrected chi connectivity index (χ1v) is 8.14. The van der Waals surface area contributed by atoms with Crippen LogP contribution in [-0.2, 0) is 11.2 Å². The van der Waals surface area contributed by atoms with Crippen molar-refractivity contribution in [3.05, 3.63) is 59.2 Å². The first kappa shape index (κ1) is 15.4. The van der Waals surface area contributed by atoms with Gasteiger partial charge in [0.25, 0.3) is 0 Å². The monoisotopic (exact) mass is 334 g/mol. The molecule has 0 spiro atoms. The second kappa shape index (κ2) is 5.77. The van der Waals surface area contributed by atoms with Crippen LogP contribution in [0.4, 0.5) is 5.69 Å². The Bertz CT molecular complexity index is 1100. The maximum absolute atomic E-state index is 12.4. The van der Waals surface area contributed by atoms with Crippen molar-refractivity contribution in [2.24, 2.45) is 0 Å². The lowest BCUT2D eigenvalue weighted by molar-refractivity contribution is -0.115. The minimum Gasteiger partial charge on any atom is -0.464 e. The Hall–Kier alpha value is -3.08. The van der Waals surface area contributed by atoms with Gasteiger partial charge in [0.2, 0.25) is 5.91 Å². The molecule has 4 rings (SSSR count). The zero-order chi connectivity index (χ0) is 17.6. The Balaban J connectivity index is 1.56. The molecule has 1 amide bonds. The third kappa shape index (κ3) is 2.78. The standard InChI is InChI=1S/C20H18N2O3/c1-11-4-6-16-14(10-24-20(16)12(11)2)8-19(23)22-15-5-7-18-17(9-15)21-13(3)25-18/h4-7,9-10H,8H2,1-3H3,(H,22,23). The van der Waals surface area contributed by atoms with Gasteiger partial charge in [0.1, 0.15) is 11.1 Å². The van der Waals surface area contributed by atoms with E-state index in [1.807, 2.05) is 38.1 Å². The third-order valence-electron chi connectivity index (χ3n) is 4.47. The van der Waals surface area contributed by atoms with Crippen molar-refractivity contribution in [2.75, 3.05) is 5.32 Å². The summed E-state index contributed by atoms with van der Waals surface area (Å²) in [5.41, 5.74) is 6.16. The fourth-order valence-corrected chi connectivity index (χ4v) is 3.02. The summed E-state index contributed by atoms with van der Waals surface area (Å²) in [5.74, 6) is 0.509. The molecule has 25 heavy (non-hydrogen) atoms. The molecule has 0 atom stereocenters. The number of carbonyl (C=O) groups is 1. The molecule has 0 fully saturated rings. The minimum absolute atomic E-state index is 0.0968. The number of fused-ring (bicyclic) bond motifs is 2. The Labute approximate surface area is 144 Å².